The van der Waals surface area contributed by atoms with E-state index in [2.05, 4.69) is 0 Å². The molecule has 10 nitrogen and oxygen atoms in total. The molecule has 0 aliphatic carbocycles. The summed E-state index contributed by atoms with van der Waals surface area (Å²) >= 11 is 0. The number of carbonyl (C=O) groups is 1. The minimum atomic E-state index is -1.90. The summed E-state index contributed by atoms with van der Waals surface area (Å²) in [5.41, 5.74) is 1.71. The van der Waals surface area contributed by atoms with Crippen LogP contribution < -0.4 is 5.56 Å². The van der Waals surface area contributed by atoms with Crippen molar-refractivity contribution in [1.82, 2.24) is 9.55 Å². The number of benzene rings is 1. The van der Waals surface area contributed by atoms with Crippen molar-refractivity contribution in [3.8, 4) is 11.4 Å². The first-order chi connectivity index (χ1) is 17.9. The molecule has 37 heavy (non-hydrogen) atoms. The van der Waals surface area contributed by atoms with E-state index in [1.807, 2.05) is 24.3 Å². The second-order valence-corrected chi connectivity index (χ2v) is 9.45. The van der Waals surface area contributed by atoms with Crippen LogP contribution in [0.15, 0.2) is 47.3 Å². The normalized spacial score (nSPS) is 26.1. The van der Waals surface area contributed by atoms with E-state index in [4.69, 9.17) is 19.2 Å². The number of esters is 1. The highest BCUT2D eigenvalue weighted by Gasteiger charge is 2.45. The zero-order chi connectivity index (χ0) is 25.9. The number of aromatic nitrogens is 2. The molecule has 4 atom stereocenters. The number of pyridine rings is 2. The Bertz CT molecular complexity index is 1510. The molecule has 5 heterocycles. The maximum absolute atomic E-state index is 13.5. The van der Waals surface area contributed by atoms with Crippen LogP contribution >= 0.6 is 0 Å². The average Bonchev–Trinajstić information content (AvgIpc) is 3.28. The number of hydrogen-bond donors (Lipinski definition) is 3. The maximum atomic E-state index is 13.5. The van der Waals surface area contributed by atoms with Gasteiger partial charge in [0.15, 0.2) is 11.9 Å². The van der Waals surface area contributed by atoms with Crippen molar-refractivity contribution in [3.63, 3.8) is 0 Å². The summed E-state index contributed by atoms with van der Waals surface area (Å²) in [6.45, 7) is 1.49. The second-order valence-electron chi connectivity index (χ2n) is 9.45. The van der Waals surface area contributed by atoms with Gasteiger partial charge in [-0.25, -0.2) is 9.78 Å². The van der Waals surface area contributed by atoms with Gasteiger partial charge in [0.2, 0.25) is 0 Å². The Balaban J connectivity index is 1.46. The summed E-state index contributed by atoms with van der Waals surface area (Å²) in [4.78, 5) is 30.8. The van der Waals surface area contributed by atoms with Gasteiger partial charge in [-0.05, 0) is 30.2 Å². The summed E-state index contributed by atoms with van der Waals surface area (Å²) in [5, 5.41) is 31.3. The molecular formula is C27H26N2O8. The summed E-state index contributed by atoms with van der Waals surface area (Å²) in [7, 11) is 0. The van der Waals surface area contributed by atoms with E-state index in [9.17, 15) is 24.9 Å². The fourth-order valence-electron chi connectivity index (χ4n) is 5.32. The van der Waals surface area contributed by atoms with E-state index in [-0.39, 0.29) is 49.5 Å². The van der Waals surface area contributed by atoms with Crippen LogP contribution in [0.2, 0.25) is 0 Å². The number of rotatable bonds is 5. The number of nitrogens with zero attached hydrogens (tertiary/aromatic N) is 2. The van der Waals surface area contributed by atoms with E-state index in [0.717, 1.165) is 16.5 Å². The number of fused-ring (bicyclic) bond motifs is 5. The van der Waals surface area contributed by atoms with Gasteiger partial charge in [0.25, 0.3) is 5.56 Å². The van der Waals surface area contributed by atoms with Crippen molar-refractivity contribution in [2.24, 2.45) is 0 Å². The lowest BCUT2D eigenvalue weighted by atomic mass is 9.86. The summed E-state index contributed by atoms with van der Waals surface area (Å²) in [6, 6.07) is 9.24. The van der Waals surface area contributed by atoms with Crippen molar-refractivity contribution in [2.45, 2.75) is 57.2 Å². The summed E-state index contributed by atoms with van der Waals surface area (Å²) in [6.07, 6.45) is 0.715. The smallest absolute Gasteiger partial charge is 0.343 e. The number of carbonyl (C=O) groups excluding carboxylic acids is 1. The molecule has 0 fully saturated rings. The molecular weight excluding hydrogens is 480 g/mol. The molecule has 3 aromatic rings. The van der Waals surface area contributed by atoms with E-state index < -0.39 is 30.1 Å². The van der Waals surface area contributed by atoms with Crippen molar-refractivity contribution < 1.29 is 34.3 Å². The first kappa shape index (κ1) is 24.0. The van der Waals surface area contributed by atoms with Crippen molar-refractivity contribution in [2.75, 3.05) is 6.61 Å². The molecule has 0 saturated heterocycles. The van der Waals surface area contributed by atoms with Crippen molar-refractivity contribution in [3.05, 3.63) is 75.1 Å². The quantitative estimate of drug-likeness (QED) is 0.269. The van der Waals surface area contributed by atoms with E-state index in [1.54, 1.807) is 23.6 Å². The lowest BCUT2D eigenvalue weighted by Gasteiger charge is -2.31. The van der Waals surface area contributed by atoms with E-state index in [1.165, 1.54) is 6.08 Å². The maximum Gasteiger partial charge on any atom is 0.343 e. The largest absolute Gasteiger partial charge is 0.458 e. The topological polar surface area (TPSA) is 140 Å². The minimum Gasteiger partial charge on any atom is -0.458 e. The molecule has 0 saturated carbocycles. The highest BCUT2D eigenvalue weighted by atomic mass is 16.7. The van der Waals surface area contributed by atoms with Gasteiger partial charge in [0.1, 0.15) is 18.8 Å². The van der Waals surface area contributed by atoms with E-state index in [0.29, 0.717) is 16.9 Å². The number of aliphatic hydroxyl groups is 3. The first-order valence-electron chi connectivity index (χ1n) is 12.2. The molecule has 3 N–H and O–H groups in total. The second kappa shape index (κ2) is 8.86. The highest BCUT2D eigenvalue weighted by molar-refractivity contribution is 5.89. The summed E-state index contributed by atoms with van der Waals surface area (Å²) in [5.74, 6) is -0.766. The zero-order valence-electron chi connectivity index (χ0n) is 20.1. The number of para-hydroxylation sites is 1. The fraction of sp³-hybridized carbons (Fsp3) is 0.370. The Morgan fingerprint density at radius 1 is 1.22 bits per heavy atom. The molecule has 0 bridgehead atoms. The standard InChI is InChI=1S/C27H26N2O8/c1-2-27(34)18-9-20-24-15(10-29(20)25(32)17(18)13-36-26(27)33)16(14-5-3-4-6-19(14)28-24)12-35-23-8-7-21(31)22(11-30)37-23/h3-9,21-23,30-31,34H,2,10-13H2,1H3/t21-,22?,23-,27-/m0/s1. The SMILES string of the molecule is CC[C@@]1(O)C(=O)OCc2c1cc1n(c2=O)Cc2c-1nc1ccccc1c2CO[C@@H]1C=C[C@H](O)C(CO)O1. The van der Waals surface area contributed by atoms with Crippen LogP contribution in [0.4, 0.5) is 0 Å². The third kappa shape index (κ3) is 3.64. The lowest BCUT2D eigenvalue weighted by molar-refractivity contribution is -0.184. The van der Waals surface area contributed by atoms with Gasteiger partial charge in [-0.1, -0.05) is 31.2 Å². The number of aliphatic hydroxyl groups excluding tert-OH is 2. The van der Waals surface area contributed by atoms with Gasteiger partial charge in [0.05, 0.1) is 42.2 Å². The highest BCUT2D eigenvalue weighted by Crippen LogP contribution is 2.40. The van der Waals surface area contributed by atoms with E-state index >= 15 is 0 Å². The number of ether oxygens (including phenoxy) is 3. The van der Waals surface area contributed by atoms with Gasteiger partial charge in [-0.2, -0.15) is 0 Å². The van der Waals surface area contributed by atoms with Crippen LogP contribution in [0.5, 0.6) is 0 Å². The first-order valence-corrected chi connectivity index (χ1v) is 12.2. The Morgan fingerprint density at radius 2 is 2.03 bits per heavy atom. The van der Waals surface area contributed by atoms with Gasteiger partial charge >= 0.3 is 5.97 Å². The Hall–Kier alpha value is -3.41. The monoisotopic (exact) mass is 506 g/mol. The molecule has 0 radical (unpaired) electrons. The Morgan fingerprint density at radius 3 is 2.81 bits per heavy atom. The molecule has 3 aliphatic rings. The van der Waals surface area contributed by atoms with Crippen LogP contribution in [-0.2, 0) is 44.4 Å². The molecule has 0 amide bonds. The molecule has 192 valence electrons. The van der Waals surface area contributed by atoms with Crippen LogP contribution in [0.25, 0.3) is 22.3 Å². The Kier molecular flexibility index (Phi) is 5.74. The van der Waals surface area contributed by atoms with Gasteiger partial charge in [0, 0.05) is 16.5 Å². The van der Waals surface area contributed by atoms with Crippen molar-refractivity contribution in [1.29, 1.82) is 0 Å². The minimum absolute atomic E-state index is 0.0667. The molecule has 6 rings (SSSR count). The van der Waals surface area contributed by atoms with Crippen LogP contribution in [0, 0.1) is 0 Å². The van der Waals surface area contributed by atoms with Gasteiger partial charge in [-0.15, -0.1) is 0 Å². The lowest BCUT2D eigenvalue weighted by Crippen LogP contribution is -2.44. The molecule has 3 aliphatic heterocycles. The fourth-order valence-corrected chi connectivity index (χ4v) is 5.32. The zero-order valence-corrected chi connectivity index (χ0v) is 20.1. The molecule has 10 heteroatoms. The predicted octanol–water partition coefficient (Wildman–Crippen LogP) is 1.23. The third-order valence-corrected chi connectivity index (χ3v) is 7.44. The molecule has 0 spiro atoms. The van der Waals surface area contributed by atoms with Gasteiger partial charge < -0.3 is 34.1 Å². The Labute approximate surface area is 211 Å². The molecule has 1 unspecified atom stereocenters. The molecule has 1 aromatic carbocycles. The number of hydrogen-bond acceptors (Lipinski definition) is 9. The summed E-state index contributed by atoms with van der Waals surface area (Å²) < 4.78 is 18.4. The van der Waals surface area contributed by atoms with Crippen LogP contribution in [-0.4, -0.2) is 55.9 Å². The van der Waals surface area contributed by atoms with Gasteiger partial charge in [-0.3, -0.25) is 4.79 Å². The number of cyclic esters (lactones) is 1. The predicted molar refractivity (Wildman–Crippen MR) is 130 cm³/mol. The van der Waals surface area contributed by atoms with Crippen LogP contribution in [0.3, 0.4) is 0 Å². The average molecular weight is 507 g/mol. The van der Waals surface area contributed by atoms with Crippen LogP contribution in [0.1, 0.15) is 35.6 Å². The molecule has 2 aromatic heterocycles. The third-order valence-electron chi connectivity index (χ3n) is 7.44. The van der Waals surface area contributed by atoms with Crippen molar-refractivity contribution >= 4 is 16.9 Å².